The fourth-order valence-corrected chi connectivity index (χ4v) is 0.979. The highest BCUT2D eigenvalue weighted by molar-refractivity contribution is 7.93. The third-order valence-electron chi connectivity index (χ3n) is 0.932. The van der Waals surface area contributed by atoms with Gasteiger partial charge in [0, 0.05) is 24.8 Å². The lowest BCUT2D eigenvalue weighted by atomic mass is 10.3. The van der Waals surface area contributed by atoms with Crippen LogP contribution in [0.3, 0.4) is 0 Å². The van der Waals surface area contributed by atoms with Crippen molar-refractivity contribution in [3.05, 3.63) is 11.5 Å². The Bertz CT molecular complexity index is 220. The van der Waals surface area contributed by atoms with Crippen LogP contribution >= 0.6 is 0 Å². The van der Waals surface area contributed by atoms with Crippen LogP contribution in [-0.2, 0) is 14.6 Å². The second kappa shape index (κ2) is 4.48. The van der Waals surface area contributed by atoms with Crippen molar-refractivity contribution < 1.29 is 13.2 Å². The lowest BCUT2D eigenvalue weighted by Gasteiger charge is -2.02. The molecule has 4 nitrogen and oxygen atoms in total. The summed E-state index contributed by atoms with van der Waals surface area (Å²) in [6, 6.07) is -0.352. The van der Waals surface area contributed by atoms with Crippen LogP contribution in [0, 0.1) is 0 Å². The van der Waals surface area contributed by atoms with Crippen molar-refractivity contribution in [3.63, 3.8) is 0 Å². The summed E-state index contributed by atoms with van der Waals surface area (Å²) in [5, 5.41) is 1.08. The summed E-state index contributed by atoms with van der Waals surface area (Å²) in [5.74, 6) is 0. The molecule has 11 heavy (non-hydrogen) atoms. The van der Waals surface area contributed by atoms with E-state index in [4.69, 9.17) is 10.5 Å². The molecule has 0 aromatic rings. The van der Waals surface area contributed by atoms with Crippen LogP contribution in [-0.4, -0.2) is 34.4 Å². The van der Waals surface area contributed by atoms with Crippen molar-refractivity contribution in [1.82, 2.24) is 0 Å². The molecule has 1 unspecified atom stereocenters. The molecule has 0 aromatic carbocycles. The molecule has 2 N–H and O–H groups in total. The molecule has 0 aliphatic carbocycles. The Hall–Kier alpha value is -0.390. The van der Waals surface area contributed by atoms with E-state index in [-0.39, 0.29) is 6.04 Å². The first-order chi connectivity index (χ1) is 4.95. The maximum absolute atomic E-state index is 10.6. The predicted octanol–water partition coefficient (Wildman–Crippen LogP) is -0.482. The summed E-state index contributed by atoms with van der Waals surface area (Å²) < 4.78 is 25.8. The highest BCUT2D eigenvalue weighted by atomic mass is 32.2. The molecule has 0 aliphatic rings. The first kappa shape index (κ1) is 10.6. The lowest BCUT2D eigenvalue weighted by molar-refractivity contribution is 0.192. The number of methoxy groups -OCH3 is 1. The van der Waals surface area contributed by atoms with Crippen LogP contribution in [0.4, 0.5) is 0 Å². The first-order valence-corrected chi connectivity index (χ1v) is 5.04. The maximum Gasteiger partial charge on any atom is 0.168 e. The molecular formula is C6H13NO3S. The van der Waals surface area contributed by atoms with Crippen LogP contribution < -0.4 is 5.73 Å². The van der Waals surface area contributed by atoms with Gasteiger partial charge in [-0.1, -0.05) is 6.08 Å². The van der Waals surface area contributed by atoms with Gasteiger partial charge in [-0.3, -0.25) is 0 Å². The van der Waals surface area contributed by atoms with Crippen molar-refractivity contribution in [2.24, 2.45) is 5.73 Å². The third kappa shape index (κ3) is 7.51. The molecule has 0 radical (unpaired) electrons. The fourth-order valence-electron chi connectivity index (χ4n) is 0.492. The smallest absolute Gasteiger partial charge is 0.168 e. The van der Waals surface area contributed by atoms with E-state index >= 15 is 0 Å². The number of sulfone groups is 1. The Balaban J connectivity index is 3.93. The van der Waals surface area contributed by atoms with Gasteiger partial charge in [0.05, 0.1) is 6.61 Å². The summed E-state index contributed by atoms with van der Waals surface area (Å²) in [4.78, 5) is 0. The molecule has 1 atom stereocenters. The molecule has 0 rings (SSSR count). The van der Waals surface area contributed by atoms with Gasteiger partial charge in [0.1, 0.15) is 0 Å². The van der Waals surface area contributed by atoms with Gasteiger partial charge in [-0.2, -0.15) is 0 Å². The summed E-state index contributed by atoms with van der Waals surface area (Å²) in [5.41, 5.74) is 5.42. The lowest BCUT2D eigenvalue weighted by Crippen LogP contribution is -2.22. The monoisotopic (exact) mass is 179 g/mol. The Morgan fingerprint density at radius 1 is 1.64 bits per heavy atom. The van der Waals surface area contributed by atoms with E-state index in [1.54, 1.807) is 0 Å². The van der Waals surface area contributed by atoms with Gasteiger partial charge in [-0.15, -0.1) is 0 Å². The molecule has 66 valence electrons. The minimum absolute atomic E-state index is 0.325. The van der Waals surface area contributed by atoms with Gasteiger partial charge in [-0.05, 0) is 0 Å². The zero-order valence-electron chi connectivity index (χ0n) is 6.65. The second-order valence-corrected chi connectivity index (χ2v) is 4.21. The van der Waals surface area contributed by atoms with Crippen LogP contribution in [0.1, 0.15) is 0 Å². The predicted molar refractivity (Wildman–Crippen MR) is 43.8 cm³/mol. The highest BCUT2D eigenvalue weighted by Gasteiger charge is 1.97. The van der Waals surface area contributed by atoms with Crippen LogP contribution in [0.15, 0.2) is 11.5 Å². The molecule has 0 heterocycles. The number of hydrogen-bond acceptors (Lipinski definition) is 4. The van der Waals surface area contributed by atoms with E-state index in [0.717, 1.165) is 11.7 Å². The number of hydrogen-bond donors (Lipinski definition) is 1. The summed E-state index contributed by atoms with van der Waals surface area (Å²) in [6.45, 7) is 0.325. The van der Waals surface area contributed by atoms with Crippen molar-refractivity contribution in [1.29, 1.82) is 0 Å². The van der Waals surface area contributed by atoms with Crippen molar-refractivity contribution in [2.75, 3.05) is 20.0 Å². The van der Waals surface area contributed by atoms with Crippen LogP contribution in [0.2, 0.25) is 0 Å². The fraction of sp³-hybridized carbons (Fsp3) is 0.667. The molecule has 0 fully saturated rings. The van der Waals surface area contributed by atoms with Crippen LogP contribution in [0.25, 0.3) is 0 Å². The van der Waals surface area contributed by atoms with E-state index in [9.17, 15) is 8.42 Å². The molecular weight excluding hydrogens is 166 g/mol. The van der Waals surface area contributed by atoms with Crippen molar-refractivity contribution >= 4 is 9.84 Å². The normalized spacial score (nSPS) is 15.5. The molecule has 0 aliphatic heterocycles. The van der Waals surface area contributed by atoms with Crippen LogP contribution in [0.5, 0.6) is 0 Å². The van der Waals surface area contributed by atoms with Gasteiger partial charge in [0.2, 0.25) is 0 Å². The van der Waals surface area contributed by atoms with Gasteiger partial charge < -0.3 is 10.5 Å². The summed E-state index contributed by atoms with van der Waals surface area (Å²) >= 11 is 0. The summed E-state index contributed by atoms with van der Waals surface area (Å²) in [7, 11) is -1.55. The van der Waals surface area contributed by atoms with Gasteiger partial charge in [-0.25, -0.2) is 8.42 Å². The molecule has 5 heteroatoms. The molecule has 0 saturated carbocycles. The number of rotatable bonds is 4. The van der Waals surface area contributed by atoms with Gasteiger partial charge >= 0.3 is 0 Å². The van der Waals surface area contributed by atoms with E-state index in [1.807, 2.05) is 0 Å². The minimum Gasteiger partial charge on any atom is -0.383 e. The topological polar surface area (TPSA) is 69.4 Å². The van der Waals surface area contributed by atoms with Crippen molar-refractivity contribution in [3.8, 4) is 0 Å². The minimum atomic E-state index is -3.05. The SMILES string of the molecule is COCC(N)/C=C/S(C)(=O)=O. The Morgan fingerprint density at radius 2 is 2.18 bits per heavy atom. The molecule has 0 bridgehead atoms. The second-order valence-electron chi connectivity index (χ2n) is 2.28. The standard InChI is InChI=1S/C6H13NO3S/c1-10-5-6(7)3-4-11(2,8)9/h3-4,6H,5,7H2,1-2H3/b4-3+. The Labute approximate surface area is 67.0 Å². The third-order valence-corrected chi connectivity index (χ3v) is 1.58. The van der Waals surface area contributed by atoms with Crippen molar-refractivity contribution in [2.45, 2.75) is 6.04 Å². The zero-order valence-corrected chi connectivity index (χ0v) is 7.47. The summed E-state index contributed by atoms with van der Waals surface area (Å²) in [6.07, 6.45) is 2.52. The Kier molecular flexibility index (Phi) is 4.32. The molecule has 0 aromatic heterocycles. The average Bonchev–Trinajstić information content (AvgIpc) is 1.83. The van der Waals surface area contributed by atoms with E-state index in [0.29, 0.717) is 6.61 Å². The molecule has 0 amide bonds. The quantitative estimate of drug-likeness (QED) is 0.632. The molecule has 0 saturated heterocycles. The first-order valence-electron chi connectivity index (χ1n) is 3.08. The largest absolute Gasteiger partial charge is 0.383 e. The average molecular weight is 179 g/mol. The maximum atomic E-state index is 10.6. The van der Waals surface area contributed by atoms with E-state index in [2.05, 4.69) is 0 Å². The Morgan fingerprint density at radius 3 is 2.55 bits per heavy atom. The van der Waals surface area contributed by atoms with Gasteiger partial charge in [0.25, 0.3) is 0 Å². The van der Waals surface area contributed by atoms with E-state index in [1.165, 1.54) is 13.2 Å². The highest BCUT2D eigenvalue weighted by Crippen LogP contribution is 1.88. The van der Waals surface area contributed by atoms with E-state index < -0.39 is 9.84 Å². The number of ether oxygens (including phenoxy) is 1. The van der Waals surface area contributed by atoms with Gasteiger partial charge in [0.15, 0.2) is 9.84 Å². The zero-order chi connectivity index (χ0) is 8.91. The molecule has 0 spiro atoms. The number of nitrogens with two attached hydrogens (primary N) is 1.